The van der Waals surface area contributed by atoms with E-state index in [1.54, 1.807) is 18.2 Å². The number of nitrogens with one attached hydrogen (secondary N) is 1. The summed E-state index contributed by atoms with van der Waals surface area (Å²) in [7, 11) is 0. The van der Waals surface area contributed by atoms with Crippen molar-refractivity contribution in [2.75, 3.05) is 5.32 Å². The Morgan fingerprint density at radius 1 is 1.15 bits per heavy atom. The minimum atomic E-state index is -0.118. The SMILES string of the molecule is Cc1cc[n+](CCC(=O)Nc2c(Cl)cccc2Cl)cc1. The molecule has 2 rings (SSSR count). The molecule has 0 fully saturated rings. The van der Waals surface area contributed by atoms with Gasteiger partial charge in [0.05, 0.1) is 22.2 Å². The van der Waals surface area contributed by atoms with E-state index >= 15 is 0 Å². The van der Waals surface area contributed by atoms with Crippen LogP contribution in [0.4, 0.5) is 5.69 Å². The molecular weight excluding hydrogens is 295 g/mol. The van der Waals surface area contributed by atoms with Gasteiger partial charge in [-0.1, -0.05) is 29.3 Å². The summed E-state index contributed by atoms with van der Waals surface area (Å²) in [6.45, 7) is 2.63. The summed E-state index contributed by atoms with van der Waals surface area (Å²) in [5.41, 5.74) is 1.66. The zero-order valence-electron chi connectivity index (χ0n) is 11.1. The molecule has 5 heteroatoms. The molecule has 3 nitrogen and oxygen atoms in total. The second-order valence-corrected chi connectivity index (χ2v) is 5.32. The molecule has 0 unspecified atom stereocenters. The number of amides is 1. The van der Waals surface area contributed by atoms with E-state index in [2.05, 4.69) is 5.32 Å². The summed E-state index contributed by atoms with van der Waals surface area (Å²) in [4.78, 5) is 11.9. The van der Waals surface area contributed by atoms with Crippen molar-refractivity contribution >= 4 is 34.8 Å². The minimum Gasteiger partial charge on any atom is -0.323 e. The number of carbonyl (C=O) groups excluding carboxylic acids is 1. The molecule has 0 atom stereocenters. The second kappa shape index (κ2) is 6.73. The van der Waals surface area contributed by atoms with Crippen LogP contribution < -0.4 is 9.88 Å². The standard InChI is InChI=1S/C15H14Cl2N2O/c1-11-5-8-19(9-6-11)10-7-14(20)18-15-12(16)3-2-4-13(15)17/h2-6,8-9H,7,10H2,1H3/p+1. The van der Waals surface area contributed by atoms with Gasteiger partial charge >= 0.3 is 0 Å². The summed E-state index contributed by atoms with van der Waals surface area (Å²) >= 11 is 12.0. The number of carbonyl (C=O) groups is 1. The monoisotopic (exact) mass is 309 g/mol. The minimum absolute atomic E-state index is 0.118. The van der Waals surface area contributed by atoms with Gasteiger partial charge in [-0.15, -0.1) is 0 Å². The topological polar surface area (TPSA) is 33.0 Å². The molecule has 104 valence electrons. The molecule has 0 saturated heterocycles. The van der Waals surface area contributed by atoms with E-state index in [4.69, 9.17) is 23.2 Å². The number of anilines is 1. The van der Waals surface area contributed by atoms with E-state index in [0.717, 1.165) is 0 Å². The zero-order chi connectivity index (χ0) is 14.5. The average Bonchev–Trinajstić information content (AvgIpc) is 2.42. The largest absolute Gasteiger partial charge is 0.323 e. The van der Waals surface area contributed by atoms with Gasteiger partial charge in [0.25, 0.3) is 0 Å². The molecule has 0 bridgehead atoms. The number of para-hydroxylation sites is 1. The van der Waals surface area contributed by atoms with E-state index in [0.29, 0.717) is 28.7 Å². The number of aromatic nitrogens is 1. The molecule has 0 saturated carbocycles. The van der Waals surface area contributed by atoms with E-state index < -0.39 is 0 Å². The van der Waals surface area contributed by atoms with Gasteiger partial charge in [0.2, 0.25) is 5.91 Å². The van der Waals surface area contributed by atoms with Gasteiger partial charge in [0.1, 0.15) is 0 Å². The van der Waals surface area contributed by atoms with Crippen molar-refractivity contribution in [1.82, 2.24) is 0 Å². The van der Waals surface area contributed by atoms with Crippen molar-refractivity contribution < 1.29 is 9.36 Å². The number of hydrogen-bond donors (Lipinski definition) is 1. The summed E-state index contributed by atoms with van der Waals surface area (Å²) in [6.07, 6.45) is 4.26. The highest BCUT2D eigenvalue weighted by molar-refractivity contribution is 6.39. The highest BCUT2D eigenvalue weighted by Gasteiger charge is 2.11. The highest BCUT2D eigenvalue weighted by Crippen LogP contribution is 2.29. The van der Waals surface area contributed by atoms with Crippen molar-refractivity contribution in [3.8, 4) is 0 Å². The van der Waals surface area contributed by atoms with Crippen LogP contribution in [0.15, 0.2) is 42.7 Å². The molecule has 2 aromatic rings. The Labute approximate surface area is 128 Å². The average molecular weight is 310 g/mol. The lowest BCUT2D eigenvalue weighted by Gasteiger charge is -2.08. The summed E-state index contributed by atoms with van der Waals surface area (Å²) in [5.74, 6) is -0.118. The predicted octanol–water partition coefficient (Wildman–Crippen LogP) is 3.62. The van der Waals surface area contributed by atoms with E-state index in [9.17, 15) is 4.79 Å². The van der Waals surface area contributed by atoms with Gasteiger partial charge in [0.15, 0.2) is 18.9 Å². The Morgan fingerprint density at radius 3 is 2.35 bits per heavy atom. The third-order valence-corrected chi connectivity index (χ3v) is 3.51. The van der Waals surface area contributed by atoms with Crippen molar-refractivity contribution in [2.45, 2.75) is 19.9 Å². The number of aryl methyl sites for hydroxylation is 2. The molecule has 0 aliphatic carbocycles. The lowest BCUT2D eigenvalue weighted by molar-refractivity contribution is -0.695. The Balaban J connectivity index is 1.94. The zero-order valence-corrected chi connectivity index (χ0v) is 12.6. The molecule has 1 aromatic heterocycles. The van der Waals surface area contributed by atoms with Crippen molar-refractivity contribution in [2.24, 2.45) is 0 Å². The molecular formula is C15H15Cl2N2O+. The highest BCUT2D eigenvalue weighted by atomic mass is 35.5. The normalized spacial score (nSPS) is 10.3. The summed E-state index contributed by atoms with van der Waals surface area (Å²) in [6, 6.07) is 9.13. The quantitative estimate of drug-likeness (QED) is 0.860. The molecule has 1 N–H and O–H groups in total. The van der Waals surface area contributed by atoms with Crippen molar-refractivity contribution in [1.29, 1.82) is 0 Å². The molecule has 1 aromatic carbocycles. The van der Waals surface area contributed by atoms with Crippen LogP contribution >= 0.6 is 23.2 Å². The van der Waals surface area contributed by atoms with Crippen LogP contribution in [0.2, 0.25) is 10.0 Å². The molecule has 1 amide bonds. The number of rotatable bonds is 4. The van der Waals surface area contributed by atoms with Crippen LogP contribution in [-0.2, 0) is 11.3 Å². The molecule has 20 heavy (non-hydrogen) atoms. The first-order valence-corrected chi connectivity index (χ1v) is 7.01. The third-order valence-electron chi connectivity index (χ3n) is 2.88. The van der Waals surface area contributed by atoms with Crippen molar-refractivity contribution in [3.63, 3.8) is 0 Å². The molecule has 1 heterocycles. The fourth-order valence-corrected chi connectivity index (χ4v) is 2.22. The van der Waals surface area contributed by atoms with E-state index in [-0.39, 0.29) is 5.91 Å². The predicted molar refractivity (Wildman–Crippen MR) is 81.1 cm³/mol. The van der Waals surface area contributed by atoms with Crippen LogP contribution in [0.3, 0.4) is 0 Å². The van der Waals surface area contributed by atoms with Gasteiger partial charge in [-0.2, -0.15) is 0 Å². The molecule has 0 aliphatic rings. The van der Waals surface area contributed by atoms with Gasteiger partial charge in [-0.05, 0) is 24.6 Å². The van der Waals surface area contributed by atoms with Crippen LogP contribution in [-0.4, -0.2) is 5.91 Å². The first-order chi connectivity index (χ1) is 9.56. The first-order valence-electron chi connectivity index (χ1n) is 6.26. The van der Waals surface area contributed by atoms with Gasteiger partial charge < -0.3 is 5.32 Å². The van der Waals surface area contributed by atoms with E-state index in [1.807, 2.05) is 36.0 Å². The van der Waals surface area contributed by atoms with Crippen LogP contribution in [0, 0.1) is 6.92 Å². The smallest absolute Gasteiger partial charge is 0.230 e. The fourth-order valence-electron chi connectivity index (χ4n) is 1.73. The van der Waals surface area contributed by atoms with Crippen LogP contribution in [0.5, 0.6) is 0 Å². The summed E-state index contributed by atoms with van der Waals surface area (Å²) < 4.78 is 1.96. The maximum absolute atomic E-state index is 11.9. The maximum atomic E-state index is 11.9. The molecule has 0 radical (unpaired) electrons. The van der Waals surface area contributed by atoms with Gasteiger partial charge in [0, 0.05) is 12.1 Å². The van der Waals surface area contributed by atoms with Crippen LogP contribution in [0.1, 0.15) is 12.0 Å². The van der Waals surface area contributed by atoms with Crippen molar-refractivity contribution in [3.05, 3.63) is 58.3 Å². The number of hydrogen-bond acceptors (Lipinski definition) is 1. The molecule has 0 spiro atoms. The Bertz CT molecular complexity index is 592. The number of nitrogens with zero attached hydrogens (tertiary/aromatic N) is 1. The summed E-state index contributed by atoms with van der Waals surface area (Å²) in [5, 5.41) is 3.62. The lowest BCUT2D eigenvalue weighted by Crippen LogP contribution is -2.34. The second-order valence-electron chi connectivity index (χ2n) is 4.51. The maximum Gasteiger partial charge on any atom is 0.230 e. The van der Waals surface area contributed by atoms with E-state index in [1.165, 1.54) is 5.56 Å². The lowest BCUT2D eigenvalue weighted by atomic mass is 10.3. The number of pyridine rings is 1. The Hall–Kier alpha value is -1.58. The number of halogens is 2. The number of benzene rings is 1. The van der Waals surface area contributed by atoms with Gasteiger partial charge in [-0.3, -0.25) is 4.79 Å². The third kappa shape index (κ3) is 3.95. The van der Waals surface area contributed by atoms with Gasteiger partial charge in [-0.25, -0.2) is 4.57 Å². The fraction of sp³-hybridized carbons (Fsp3) is 0.200. The Morgan fingerprint density at radius 2 is 1.75 bits per heavy atom. The Kier molecular flexibility index (Phi) is 4.99. The van der Waals surface area contributed by atoms with Crippen LogP contribution in [0.25, 0.3) is 0 Å². The first kappa shape index (κ1) is 14.8. The molecule has 0 aliphatic heterocycles.